The molecule has 0 saturated heterocycles. The summed E-state index contributed by atoms with van der Waals surface area (Å²) in [5, 5.41) is 21.8. The van der Waals surface area contributed by atoms with Gasteiger partial charge in [-0.15, -0.1) is 0 Å². The molecule has 9 nitrogen and oxygen atoms in total. The van der Waals surface area contributed by atoms with Crippen molar-refractivity contribution in [2.24, 2.45) is 0 Å². The Kier molecular flexibility index (Phi) is 10.1. The second-order valence-electron chi connectivity index (χ2n) is 12.6. The first-order valence-corrected chi connectivity index (χ1v) is 16.0. The monoisotopic (exact) mass is 644 g/mol. The molecule has 4 rings (SSSR count). The summed E-state index contributed by atoms with van der Waals surface area (Å²) in [6.45, 7) is 11.1. The fourth-order valence-electron chi connectivity index (χ4n) is 4.70. The van der Waals surface area contributed by atoms with Crippen LogP contribution in [0, 0.1) is 0 Å². The summed E-state index contributed by atoms with van der Waals surface area (Å²) in [6.07, 6.45) is -0.546. The van der Waals surface area contributed by atoms with E-state index in [0.717, 1.165) is 5.56 Å². The molecule has 0 saturated carbocycles. The molecule has 238 valence electrons. The number of carbonyl (C=O) groups excluding carboxylic acids is 1. The number of rotatable bonds is 12. The van der Waals surface area contributed by atoms with E-state index >= 15 is 0 Å². The minimum absolute atomic E-state index is 0.0269. The average Bonchev–Trinajstić information content (AvgIpc) is 3.30. The predicted octanol–water partition coefficient (Wildman–Crippen LogP) is 5.70. The molecule has 2 heterocycles. The highest BCUT2D eigenvalue weighted by atomic mass is 35.5. The Labute approximate surface area is 266 Å². The number of nitrogens with zero attached hydrogens (tertiary/aromatic N) is 1. The van der Waals surface area contributed by atoms with Crippen LogP contribution in [0.2, 0.25) is 5.02 Å². The molecule has 0 spiro atoms. The number of aliphatic hydroxyl groups is 2. The van der Waals surface area contributed by atoms with E-state index in [-0.39, 0.29) is 31.8 Å². The van der Waals surface area contributed by atoms with Crippen LogP contribution >= 0.6 is 11.6 Å². The molecular weight excluding hydrogens is 604 g/mol. The molecule has 0 radical (unpaired) electrons. The Morgan fingerprint density at radius 1 is 1.16 bits per heavy atom. The van der Waals surface area contributed by atoms with Gasteiger partial charge in [0.05, 0.1) is 40.2 Å². The molecule has 3 unspecified atom stereocenters. The van der Waals surface area contributed by atoms with E-state index in [9.17, 15) is 19.2 Å². The SMILES string of the molecule is COc1cc(C(=O)CCC(C)(O)c2cc3c(c(-c4ccc(Cl)cc4)n2)OCC3(C)NS(=O)C(C)(C)C)ccc1OC[C@@H](C)O. The molecule has 0 aliphatic carbocycles. The number of fused-ring (bicyclic) bond motifs is 1. The molecule has 0 amide bonds. The molecule has 2 aromatic carbocycles. The molecule has 0 bridgehead atoms. The summed E-state index contributed by atoms with van der Waals surface area (Å²) in [5.41, 5.74) is 0.411. The molecule has 11 heteroatoms. The van der Waals surface area contributed by atoms with E-state index in [0.29, 0.717) is 44.8 Å². The van der Waals surface area contributed by atoms with Crippen molar-refractivity contribution in [1.82, 2.24) is 9.71 Å². The highest BCUT2D eigenvalue weighted by Crippen LogP contribution is 2.45. The first kappa shape index (κ1) is 33.9. The van der Waals surface area contributed by atoms with Crippen LogP contribution in [0.4, 0.5) is 0 Å². The molecule has 3 aromatic rings. The van der Waals surface area contributed by atoms with Gasteiger partial charge in [-0.05, 0) is 84.4 Å². The van der Waals surface area contributed by atoms with Gasteiger partial charge in [-0.1, -0.05) is 23.7 Å². The predicted molar refractivity (Wildman–Crippen MR) is 172 cm³/mol. The second kappa shape index (κ2) is 13.1. The van der Waals surface area contributed by atoms with Crippen LogP contribution in [0.3, 0.4) is 0 Å². The second-order valence-corrected chi connectivity index (χ2v) is 15.0. The number of halogens is 1. The van der Waals surface area contributed by atoms with Crippen molar-refractivity contribution in [3.8, 4) is 28.5 Å². The average molecular weight is 645 g/mol. The van der Waals surface area contributed by atoms with E-state index in [1.54, 1.807) is 50.2 Å². The van der Waals surface area contributed by atoms with Gasteiger partial charge in [0.25, 0.3) is 0 Å². The van der Waals surface area contributed by atoms with Crippen molar-refractivity contribution in [3.05, 3.63) is 70.4 Å². The van der Waals surface area contributed by atoms with Gasteiger partial charge in [0.15, 0.2) is 23.0 Å². The van der Waals surface area contributed by atoms with Crippen LogP contribution in [0.5, 0.6) is 17.2 Å². The summed E-state index contributed by atoms with van der Waals surface area (Å²) in [6, 6.07) is 13.8. The molecule has 44 heavy (non-hydrogen) atoms. The van der Waals surface area contributed by atoms with Gasteiger partial charge in [0.1, 0.15) is 24.5 Å². The van der Waals surface area contributed by atoms with Crippen LogP contribution in [-0.4, -0.2) is 56.4 Å². The van der Waals surface area contributed by atoms with Crippen molar-refractivity contribution >= 4 is 28.4 Å². The maximum absolute atomic E-state index is 13.2. The third-order valence-corrected chi connectivity index (χ3v) is 9.42. The Hall–Kier alpha value is -3.02. The maximum atomic E-state index is 13.2. The quantitative estimate of drug-likeness (QED) is 0.214. The maximum Gasteiger partial charge on any atom is 0.163 e. The van der Waals surface area contributed by atoms with Crippen molar-refractivity contribution in [2.75, 3.05) is 20.3 Å². The first-order chi connectivity index (χ1) is 20.5. The molecule has 4 atom stereocenters. The van der Waals surface area contributed by atoms with E-state index < -0.39 is 33.0 Å². The zero-order valence-corrected chi connectivity index (χ0v) is 27.8. The Morgan fingerprint density at radius 3 is 2.45 bits per heavy atom. The summed E-state index contributed by atoms with van der Waals surface area (Å²) in [4.78, 5) is 18.1. The van der Waals surface area contributed by atoms with Crippen LogP contribution in [0.15, 0.2) is 48.5 Å². The van der Waals surface area contributed by atoms with Gasteiger partial charge < -0.3 is 24.4 Å². The van der Waals surface area contributed by atoms with Gasteiger partial charge in [0, 0.05) is 28.1 Å². The topological polar surface area (TPSA) is 127 Å². The minimum Gasteiger partial charge on any atom is -0.493 e. The normalized spacial score (nSPS) is 19.0. The van der Waals surface area contributed by atoms with Crippen molar-refractivity contribution in [3.63, 3.8) is 0 Å². The van der Waals surface area contributed by atoms with Gasteiger partial charge in [-0.3, -0.25) is 4.79 Å². The number of nitrogens with one attached hydrogen (secondary N) is 1. The third-order valence-electron chi connectivity index (χ3n) is 7.42. The number of hydrogen-bond donors (Lipinski definition) is 3. The minimum atomic E-state index is -1.50. The first-order valence-electron chi connectivity index (χ1n) is 14.4. The fourth-order valence-corrected chi connectivity index (χ4v) is 5.72. The van der Waals surface area contributed by atoms with Crippen LogP contribution in [0.1, 0.15) is 76.0 Å². The lowest BCUT2D eigenvalue weighted by Crippen LogP contribution is -2.47. The molecule has 0 fully saturated rings. The van der Waals surface area contributed by atoms with Gasteiger partial charge in [-0.25, -0.2) is 13.9 Å². The number of aromatic nitrogens is 1. The molecule has 1 aliphatic rings. The Bertz CT molecular complexity index is 1540. The number of hydrogen-bond acceptors (Lipinski definition) is 8. The van der Waals surface area contributed by atoms with E-state index in [1.807, 2.05) is 39.8 Å². The summed E-state index contributed by atoms with van der Waals surface area (Å²) in [5.74, 6) is 1.13. The van der Waals surface area contributed by atoms with Gasteiger partial charge in [0.2, 0.25) is 0 Å². The summed E-state index contributed by atoms with van der Waals surface area (Å²) < 4.78 is 33.0. The largest absolute Gasteiger partial charge is 0.493 e. The number of ether oxygens (including phenoxy) is 3. The zero-order valence-electron chi connectivity index (χ0n) is 26.2. The van der Waals surface area contributed by atoms with Crippen LogP contribution in [-0.2, 0) is 22.1 Å². The lowest BCUT2D eigenvalue weighted by atomic mass is 9.88. The summed E-state index contributed by atoms with van der Waals surface area (Å²) >= 11 is 6.15. The van der Waals surface area contributed by atoms with Crippen molar-refractivity contribution in [2.45, 2.75) is 76.4 Å². The zero-order chi connectivity index (χ0) is 32.4. The van der Waals surface area contributed by atoms with Crippen LogP contribution in [0.25, 0.3) is 11.3 Å². The number of aliphatic hydroxyl groups excluding tert-OH is 1. The molecule has 3 N–H and O–H groups in total. The Morgan fingerprint density at radius 2 is 1.84 bits per heavy atom. The number of pyridine rings is 1. The molecule has 1 aromatic heterocycles. The lowest BCUT2D eigenvalue weighted by molar-refractivity contribution is 0.0396. The van der Waals surface area contributed by atoms with Gasteiger partial charge in [-0.2, -0.15) is 0 Å². The number of benzene rings is 2. The van der Waals surface area contributed by atoms with Crippen molar-refractivity contribution < 1.29 is 33.4 Å². The third kappa shape index (κ3) is 7.61. The lowest BCUT2D eigenvalue weighted by Gasteiger charge is -2.30. The smallest absolute Gasteiger partial charge is 0.163 e. The number of ketones is 1. The molecule has 1 aliphatic heterocycles. The number of carbonyl (C=O) groups is 1. The van der Waals surface area contributed by atoms with Crippen molar-refractivity contribution in [1.29, 1.82) is 0 Å². The number of methoxy groups -OCH3 is 1. The standard InChI is InChI=1S/C33H41ClN2O7S/c1-20(37)18-42-26-13-10-22(16-27(26)41-7)25(38)14-15-33(6,39)28-17-24-30(29(35-28)21-8-11-23(34)12-9-21)43-19-32(24,5)36-44(40)31(2,3)4/h8-13,16-17,20,36-37,39H,14-15,18-19H2,1-7H3/t20-,32?,33?,44?/m1/s1. The van der Waals surface area contributed by atoms with Gasteiger partial charge >= 0.3 is 0 Å². The highest BCUT2D eigenvalue weighted by Gasteiger charge is 2.43. The van der Waals surface area contributed by atoms with E-state index in [4.69, 9.17) is 30.8 Å². The highest BCUT2D eigenvalue weighted by molar-refractivity contribution is 7.84. The van der Waals surface area contributed by atoms with E-state index in [1.165, 1.54) is 7.11 Å². The fraction of sp³-hybridized carbons (Fsp3) is 0.455. The van der Waals surface area contributed by atoms with Crippen LogP contribution < -0.4 is 18.9 Å². The number of Topliss-reactive ketones (excluding diaryl/α,β-unsaturated/α-hetero) is 1. The van der Waals surface area contributed by atoms with E-state index in [2.05, 4.69) is 4.72 Å². The summed E-state index contributed by atoms with van der Waals surface area (Å²) in [7, 11) is 0.0753. The molecular formula is C33H41ClN2O7S. The Balaban J connectivity index is 1.65.